The van der Waals surface area contributed by atoms with Crippen LogP contribution in [0.1, 0.15) is 5.69 Å². The van der Waals surface area contributed by atoms with E-state index in [-0.39, 0.29) is 18.0 Å². The van der Waals surface area contributed by atoms with Gasteiger partial charge in [0.15, 0.2) is 0 Å². The van der Waals surface area contributed by atoms with Gasteiger partial charge in [0.25, 0.3) is 0 Å². The van der Waals surface area contributed by atoms with E-state index in [4.69, 9.17) is 11.6 Å². The van der Waals surface area contributed by atoms with E-state index in [0.29, 0.717) is 10.7 Å². The molecule has 1 aromatic carbocycles. The van der Waals surface area contributed by atoms with Crippen molar-refractivity contribution < 1.29 is 9.18 Å². The molecule has 1 N–H and O–H groups in total. The Morgan fingerprint density at radius 1 is 1.35 bits per heavy atom. The average molecular weight is 348 g/mol. The fourth-order valence-electron chi connectivity index (χ4n) is 1.96. The molecule has 116 valence electrons. The predicted octanol–water partition coefficient (Wildman–Crippen LogP) is 4.18. The molecule has 0 aliphatic rings. The smallest absolute Gasteiger partial charge is 0.230 e. The lowest BCUT2D eigenvalue weighted by Gasteiger charge is -2.05. The molecule has 0 bridgehead atoms. The van der Waals surface area contributed by atoms with E-state index >= 15 is 0 Å². The van der Waals surface area contributed by atoms with E-state index < -0.39 is 5.82 Å². The number of hydrogen-bond donors (Lipinski definition) is 1. The van der Waals surface area contributed by atoms with Crippen molar-refractivity contribution >= 4 is 34.5 Å². The minimum absolute atomic E-state index is 0.0582. The molecule has 0 unspecified atom stereocenters. The van der Waals surface area contributed by atoms with Crippen LogP contribution in [0.4, 0.5) is 10.1 Å². The summed E-state index contributed by atoms with van der Waals surface area (Å²) in [5, 5.41) is 5.45. The Morgan fingerprint density at radius 2 is 2.22 bits per heavy atom. The van der Waals surface area contributed by atoms with E-state index in [1.807, 2.05) is 12.1 Å². The minimum Gasteiger partial charge on any atom is -0.323 e. The van der Waals surface area contributed by atoms with Crippen LogP contribution in [0.3, 0.4) is 0 Å². The summed E-state index contributed by atoms with van der Waals surface area (Å²) in [6, 6.07) is 7.73. The maximum Gasteiger partial charge on any atom is 0.230 e. The second-order valence-electron chi connectivity index (χ2n) is 4.73. The van der Waals surface area contributed by atoms with Gasteiger partial charge in [-0.15, -0.1) is 11.3 Å². The number of pyridine rings is 1. The van der Waals surface area contributed by atoms with Gasteiger partial charge in [0.2, 0.25) is 5.91 Å². The number of amides is 1. The molecule has 0 saturated heterocycles. The molecule has 0 fully saturated rings. The summed E-state index contributed by atoms with van der Waals surface area (Å²) < 4.78 is 13.6. The Hall–Kier alpha value is -2.31. The summed E-state index contributed by atoms with van der Waals surface area (Å²) in [5.74, 6) is -0.883. The first kappa shape index (κ1) is 15.6. The first-order valence-corrected chi connectivity index (χ1v) is 7.97. The van der Waals surface area contributed by atoms with Gasteiger partial charge in [0, 0.05) is 28.4 Å². The van der Waals surface area contributed by atoms with Crippen molar-refractivity contribution in [1.82, 2.24) is 9.97 Å². The van der Waals surface area contributed by atoms with Crippen molar-refractivity contribution in [2.45, 2.75) is 6.42 Å². The van der Waals surface area contributed by atoms with Gasteiger partial charge in [0.1, 0.15) is 10.8 Å². The third kappa shape index (κ3) is 3.91. The molecular weight excluding hydrogens is 337 g/mol. The Morgan fingerprint density at radius 3 is 3.00 bits per heavy atom. The first-order valence-electron chi connectivity index (χ1n) is 6.71. The number of thiazole rings is 1. The van der Waals surface area contributed by atoms with Crippen LogP contribution < -0.4 is 5.32 Å². The first-order chi connectivity index (χ1) is 11.1. The van der Waals surface area contributed by atoms with Crippen molar-refractivity contribution in [2.24, 2.45) is 0 Å². The van der Waals surface area contributed by atoms with Gasteiger partial charge in [-0.2, -0.15) is 0 Å². The number of carbonyl (C=O) groups is 1. The lowest BCUT2D eigenvalue weighted by molar-refractivity contribution is -0.115. The zero-order valence-corrected chi connectivity index (χ0v) is 13.4. The molecule has 0 atom stereocenters. The number of nitrogens with zero attached hydrogens (tertiary/aromatic N) is 2. The number of hydrogen-bond acceptors (Lipinski definition) is 4. The summed E-state index contributed by atoms with van der Waals surface area (Å²) in [6.45, 7) is 0. The van der Waals surface area contributed by atoms with Crippen LogP contribution in [0.25, 0.3) is 10.6 Å². The largest absolute Gasteiger partial charge is 0.323 e. The number of aromatic nitrogens is 2. The Kier molecular flexibility index (Phi) is 4.64. The summed E-state index contributed by atoms with van der Waals surface area (Å²) >= 11 is 7.23. The summed E-state index contributed by atoms with van der Waals surface area (Å²) in [4.78, 5) is 20.5. The van der Waals surface area contributed by atoms with Crippen LogP contribution in [-0.4, -0.2) is 15.9 Å². The summed E-state index contributed by atoms with van der Waals surface area (Å²) in [5.41, 5.74) is 1.57. The highest BCUT2D eigenvalue weighted by Gasteiger charge is 2.11. The summed E-state index contributed by atoms with van der Waals surface area (Å²) in [7, 11) is 0. The number of benzene rings is 1. The van der Waals surface area contributed by atoms with Crippen molar-refractivity contribution in [3.8, 4) is 10.6 Å². The van der Waals surface area contributed by atoms with Gasteiger partial charge in [-0.1, -0.05) is 11.6 Å². The molecule has 3 aromatic rings. The lowest BCUT2D eigenvalue weighted by atomic mass is 10.2. The molecular formula is C16H11ClFN3OS. The molecule has 0 spiro atoms. The van der Waals surface area contributed by atoms with Gasteiger partial charge in [-0.3, -0.25) is 9.78 Å². The molecule has 4 nitrogen and oxygen atoms in total. The third-order valence-corrected chi connectivity index (χ3v) is 4.18. The van der Waals surface area contributed by atoms with E-state index in [0.717, 1.165) is 10.6 Å². The van der Waals surface area contributed by atoms with Crippen LogP contribution in [0.5, 0.6) is 0 Å². The van der Waals surface area contributed by atoms with Crippen molar-refractivity contribution in [1.29, 1.82) is 0 Å². The molecule has 0 radical (unpaired) electrons. The molecule has 0 aliphatic heterocycles. The zero-order valence-electron chi connectivity index (χ0n) is 11.8. The van der Waals surface area contributed by atoms with Gasteiger partial charge in [-0.05, 0) is 30.3 Å². The maximum absolute atomic E-state index is 13.6. The highest BCUT2D eigenvalue weighted by atomic mass is 35.5. The van der Waals surface area contributed by atoms with E-state index in [1.165, 1.54) is 29.5 Å². The molecule has 0 aliphatic carbocycles. The quantitative estimate of drug-likeness (QED) is 0.770. The van der Waals surface area contributed by atoms with E-state index in [2.05, 4.69) is 15.3 Å². The van der Waals surface area contributed by atoms with Crippen molar-refractivity contribution in [2.75, 3.05) is 5.32 Å². The van der Waals surface area contributed by atoms with Crippen LogP contribution in [0, 0.1) is 5.82 Å². The van der Waals surface area contributed by atoms with Gasteiger partial charge in [0.05, 0.1) is 17.8 Å². The number of nitrogens with one attached hydrogen (secondary N) is 1. The van der Waals surface area contributed by atoms with Gasteiger partial charge >= 0.3 is 0 Å². The Balaban J connectivity index is 1.69. The average Bonchev–Trinajstić information content (AvgIpc) is 3.00. The number of anilines is 1. The standard InChI is InChI=1S/C16H11ClFN3OS/c17-11-3-4-13(18)14(6-11)21-15(22)7-12-9-23-16(20-12)10-2-1-5-19-8-10/h1-6,8-9H,7H2,(H,21,22). The molecule has 3 rings (SSSR count). The normalized spacial score (nSPS) is 10.5. The van der Waals surface area contributed by atoms with Crippen LogP contribution in [0.2, 0.25) is 5.02 Å². The minimum atomic E-state index is -0.530. The highest BCUT2D eigenvalue weighted by molar-refractivity contribution is 7.13. The lowest BCUT2D eigenvalue weighted by Crippen LogP contribution is -2.15. The number of halogens is 2. The summed E-state index contributed by atoms with van der Waals surface area (Å²) in [6.07, 6.45) is 3.46. The molecule has 2 heterocycles. The fraction of sp³-hybridized carbons (Fsp3) is 0.0625. The SMILES string of the molecule is O=C(Cc1csc(-c2cccnc2)n1)Nc1cc(Cl)ccc1F. The fourth-order valence-corrected chi connectivity index (χ4v) is 2.94. The maximum atomic E-state index is 13.6. The molecule has 2 aromatic heterocycles. The molecule has 0 saturated carbocycles. The molecule has 23 heavy (non-hydrogen) atoms. The number of carbonyl (C=O) groups excluding carboxylic acids is 1. The van der Waals surface area contributed by atoms with Gasteiger partial charge in [-0.25, -0.2) is 9.37 Å². The predicted molar refractivity (Wildman–Crippen MR) is 89.1 cm³/mol. The van der Waals surface area contributed by atoms with Gasteiger partial charge < -0.3 is 5.32 Å². The second kappa shape index (κ2) is 6.85. The number of rotatable bonds is 4. The highest BCUT2D eigenvalue weighted by Crippen LogP contribution is 2.23. The third-order valence-electron chi connectivity index (χ3n) is 3.00. The van der Waals surface area contributed by atoms with Crippen LogP contribution in [-0.2, 0) is 11.2 Å². The zero-order chi connectivity index (χ0) is 16.2. The Labute approximate surface area is 141 Å². The topological polar surface area (TPSA) is 54.9 Å². The van der Waals surface area contributed by atoms with Crippen LogP contribution >= 0.6 is 22.9 Å². The Bertz CT molecular complexity index is 838. The van der Waals surface area contributed by atoms with Crippen molar-refractivity contribution in [3.05, 3.63) is 64.6 Å². The molecule has 1 amide bonds. The van der Waals surface area contributed by atoms with Crippen LogP contribution in [0.15, 0.2) is 48.1 Å². The monoisotopic (exact) mass is 347 g/mol. The van der Waals surface area contributed by atoms with Crippen molar-refractivity contribution in [3.63, 3.8) is 0 Å². The second-order valence-corrected chi connectivity index (χ2v) is 6.03. The van der Waals surface area contributed by atoms with E-state index in [9.17, 15) is 9.18 Å². The molecule has 7 heteroatoms. The van der Waals surface area contributed by atoms with E-state index in [1.54, 1.807) is 17.8 Å².